The number of aryl methyl sites for hydroxylation is 1. The van der Waals surface area contributed by atoms with Crippen LogP contribution in [0.4, 0.5) is 18.9 Å². The quantitative estimate of drug-likeness (QED) is 0.758. The van der Waals surface area contributed by atoms with Gasteiger partial charge in [0.15, 0.2) is 5.69 Å². The van der Waals surface area contributed by atoms with Gasteiger partial charge in [-0.15, -0.1) is 0 Å². The zero-order valence-electron chi connectivity index (χ0n) is 16.0. The van der Waals surface area contributed by atoms with Crippen molar-refractivity contribution in [2.24, 2.45) is 12.0 Å². The van der Waals surface area contributed by atoms with E-state index in [0.717, 1.165) is 30.1 Å². The molecule has 0 aliphatic carbocycles. The van der Waals surface area contributed by atoms with Crippen molar-refractivity contribution in [3.63, 3.8) is 0 Å². The lowest BCUT2D eigenvalue weighted by Gasteiger charge is -2.11. The number of carbonyl (C=O) groups excluding carboxylic acids is 1. The normalized spacial score (nSPS) is 15.3. The minimum atomic E-state index is -4.78. The Kier molecular flexibility index (Phi) is 6.15. The number of carbonyl (C=O) groups is 1. The standard InChI is InChI=1S/C18H20F3N5O3S/c1-26-11-14(16(24-26)18(19,20)21)17(27)23-12-6-8-13(9-7-12)30(28,29)25-15-5-3-2-4-10-22-15/h6-9,11H,2-5,10H2,1H3,(H,22,25)(H,23,27). The summed E-state index contributed by atoms with van der Waals surface area (Å²) in [7, 11) is -2.58. The number of rotatable bonds is 4. The fourth-order valence-electron chi connectivity index (χ4n) is 2.95. The first-order valence-corrected chi connectivity index (χ1v) is 10.6. The first-order chi connectivity index (χ1) is 14.1. The molecule has 0 bridgehead atoms. The largest absolute Gasteiger partial charge is 0.435 e. The molecule has 0 atom stereocenters. The summed E-state index contributed by atoms with van der Waals surface area (Å²) in [5.41, 5.74) is -1.78. The zero-order valence-corrected chi connectivity index (χ0v) is 16.8. The molecule has 2 N–H and O–H groups in total. The van der Waals surface area contributed by atoms with Crippen molar-refractivity contribution in [3.8, 4) is 0 Å². The number of aliphatic imine (C=N–C) groups is 1. The Labute approximate surface area is 171 Å². The monoisotopic (exact) mass is 443 g/mol. The van der Waals surface area contributed by atoms with Crippen LogP contribution in [-0.4, -0.2) is 36.5 Å². The van der Waals surface area contributed by atoms with E-state index in [1.807, 2.05) is 0 Å². The molecule has 0 saturated heterocycles. The highest BCUT2D eigenvalue weighted by Crippen LogP contribution is 2.31. The number of amidine groups is 1. The van der Waals surface area contributed by atoms with Gasteiger partial charge in [0, 0.05) is 31.9 Å². The second kappa shape index (κ2) is 8.46. The summed E-state index contributed by atoms with van der Waals surface area (Å²) in [4.78, 5) is 16.4. The van der Waals surface area contributed by atoms with E-state index < -0.39 is 33.4 Å². The summed E-state index contributed by atoms with van der Waals surface area (Å²) in [6.45, 7) is 0.567. The SMILES string of the molecule is Cn1cc(C(=O)Nc2ccc(S(=O)(=O)NC3=NCCCCC3)cc2)c(C(F)(F)F)n1. The van der Waals surface area contributed by atoms with Crippen LogP contribution in [0, 0.1) is 0 Å². The highest BCUT2D eigenvalue weighted by Gasteiger charge is 2.39. The molecule has 1 aromatic heterocycles. The molecule has 3 rings (SSSR count). The van der Waals surface area contributed by atoms with Gasteiger partial charge in [0.25, 0.3) is 15.9 Å². The maximum Gasteiger partial charge on any atom is 0.435 e. The highest BCUT2D eigenvalue weighted by molar-refractivity contribution is 7.90. The average Bonchev–Trinajstić information content (AvgIpc) is 2.90. The van der Waals surface area contributed by atoms with Gasteiger partial charge >= 0.3 is 6.18 Å². The number of sulfonamides is 1. The van der Waals surface area contributed by atoms with E-state index in [1.54, 1.807) is 0 Å². The van der Waals surface area contributed by atoms with Crippen molar-refractivity contribution in [2.75, 3.05) is 11.9 Å². The molecule has 8 nitrogen and oxygen atoms in total. The summed E-state index contributed by atoms with van der Waals surface area (Å²) in [6, 6.07) is 5.10. The number of hydrogen-bond acceptors (Lipinski definition) is 5. The Morgan fingerprint density at radius 2 is 1.83 bits per heavy atom. The second-order valence-electron chi connectivity index (χ2n) is 6.79. The number of halogens is 3. The van der Waals surface area contributed by atoms with Gasteiger partial charge in [0.2, 0.25) is 0 Å². The molecule has 1 amide bonds. The van der Waals surface area contributed by atoms with E-state index in [2.05, 4.69) is 20.1 Å². The van der Waals surface area contributed by atoms with Crippen LogP contribution < -0.4 is 10.0 Å². The zero-order chi connectivity index (χ0) is 21.9. The van der Waals surface area contributed by atoms with E-state index in [1.165, 1.54) is 31.3 Å². The van der Waals surface area contributed by atoms with Crippen molar-refractivity contribution in [2.45, 2.75) is 36.8 Å². The molecule has 0 radical (unpaired) electrons. The van der Waals surface area contributed by atoms with E-state index in [4.69, 9.17) is 0 Å². The number of nitrogens with zero attached hydrogens (tertiary/aromatic N) is 3. The minimum Gasteiger partial charge on any atom is -0.322 e. The van der Waals surface area contributed by atoms with Gasteiger partial charge in [0.1, 0.15) is 5.84 Å². The van der Waals surface area contributed by atoms with Crippen LogP contribution in [-0.2, 0) is 23.2 Å². The third kappa shape index (κ3) is 5.17. The summed E-state index contributed by atoms with van der Waals surface area (Å²) >= 11 is 0. The summed E-state index contributed by atoms with van der Waals surface area (Å²) in [5, 5.41) is 5.61. The van der Waals surface area contributed by atoms with Crippen LogP contribution in [0.3, 0.4) is 0 Å². The number of hydrogen-bond donors (Lipinski definition) is 2. The van der Waals surface area contributed by atoms with Crippen molar-refractivity contribution in [3.05, 3.63) is 41.7 Å². The molecule has 12 heteroatoms. The molecule has 0 saturated carbocycles. The van der Waals surface area contributed by atoms with Crippen LogP contribution in [0.25, 0.3) is 0 Å². The number of benzene rings is 1. The fourth-order valence-corrected chi connectivity index (χ4v) is 4.04. The van der Waals surface area contributed by atoms with Crippen molar-refractivity contribution in [1.82, 2.24) is 14.5 Å². The van der Waals surface area contributed by atoms with Crippen LogP contribution >= 0.6 is 0 Å². The molecule has 1 aromatic carbocycles. The minimum absolute atomic E-state index is 0.0511. The molecule has 2 aromatic rings. The van der Waals surface area contributed by atoms with Crippen LogP contribution in [0.15, 0.2) is 40.4 Å². The predicted octanol–water partition coefficient (Wildman–Crippen LogP) is 2.94. The molecule has 1 aliphatic rings. The van der Waals surface area contributed by atoms with Crippen molar-refractivity contribution in [1.29, 1.82) is 0 Å². The molecule has 1 aliphatic heterocycles. The molecule has 0 spiro atoms. The van der Waals surface area contributed by atoms with Gasteiger partial charge in [-0.2, -0.15) is 18.3 Å². The molecule has 162 valence electrons. The van der Waals surface area contributed by atoms with Crippen LogP contribution in [0.1, 0.15) is 41.7 Å². The van der Waals surface area contributed by atoms with Crippen LogP contribution in [0.5, 0.6) is 0 Å². The summed E-state index contributed by atoms with van der Waals surface area (Å²) in [6.07, 6.45) is -0.532. The Morgan fingerprint density at radius 1 is 1.13 bits per heavy atom. The summed E-state index contributed by atoms with van der Waals surface area (Å²) in [5.74, 6) is -0.599. The van der Waals surface area contributed by atoms with Gasteiger partial charge in [-0.3, -0.25) is 19.2 Å². The Hall–Kier alpha value is -2.89. The lowest BCUT2D eigenvalue weighted by atomic mass is 10.2. The number of amides is 1. The Balaban J connectivity index is 1.73. The first kappa shape index (κ1) is 21.8. The van der Waals surface area contributed by atoms with E-state index in [0.29, 0.717) is 18.8 Å². The number of anilines is 1. The molecular formula is C18H20F3N5O3S. The molecule has 30 heavy (non-hydrogen) atoms. The van der Waals surface area contributed by atoms with Gasteiger partial charge in [-0.1, -0.05) is 6.42 Å². The summed E-state index contributed by atoms with van der Waals surface area (Å²) < 4.78 is 67.5. The van der Waals surface area contributed by atoms with Gasteiger partial charge < -0.3 is 5.32 Å². The smallest absolute Gasteiger partial charge is 0.322 e. The molecular weight excluding hydrogens is 423 g/mol. The van der Waals surface area contributed by atoms with Crippen molar-refractivity contribution < 1.29 is 26.4 Å². The van der Waals surface area contributed by atoms with E-state index in [-0.39, 0.29) is 10.6 Å². The number of nitrogens with one attached hydrogen (secondary N) is 2. The fraction of sp³-hybridized carbons (Fsp3) is 0.389. The predicted molar refractivity (Wildman–Crippen MR) is 104 cm³/mol. The van der Waals surface area contributed by atoms with Crippen LogP contribution in [0.2, 0.25) is 0 Å². The lowest BCUT2D eigenvalue weighted by molar-refractivity contribution is -0.141. The Morgan fingerprint density at radius 3 is 2.50 bits per heavy atom. The third-order valence-corrected chi connectivity index (χ3v) is 5.79. The topological polar surface area (TPSA) is 105 Å². The van der Waals surface area contributed by atoms with E-state index >= 15 is 0 Å². The number of alkyl halides is 3. The molecule has 0 fully saturated rings. The highest BCUT2D eigenvalue weighted by atomic mass is 32.2. The lowest BCUT2D eigenvalue weighted by Crippen LogP contribution is -2.30. The van der Waals surface area contributed by atoms with E-state index in [9.17, 15) is 26.4 Å². The third-order valence-electron chi connectivity index (χ3n) is 4.39. The average molecular weight is 443 g/mol. The maximum atomic E-state index is 13.0. The van der Waals surface area contributed by atoms with Crippen molar-refractivity contribution >= 4 is 27.5 Å². The maximum absolute atomic E-state index is 13.0. The molecule has 0 unspecified atom stereocenters. The number of aromatic nitrogens is 2. The van der Waals surface area contributed by atoms with Gasteiger partial charge in [0.05, 0.1) is 10.5 Å². The first-order valence-electron chi connectivity index (χ1n) is 9.15. The Bertz CT molecular complexity index is 1060. The second-order valence-corrected chi connectivity index (χ2v) is 8.47. The van der Waals surface area contributed by atoms with Gasteiger partial charge in [-0.05, 0) is 37.1 Å². The van der Waals surface area contributed by atoms with Gasteiger partial charge in [-0.25, -0.2) is 8.42 Å². The molecule has 2 heterocycles.